The van der Waals surface area contributed by atoms with Crippen LogP contribution < -0.4 is 4.74 Å². The van der Waals surface area contributed by atoms with Gasteiger partial charge in [0.25, 0.3) is 0 Å². The first-order valence-electron chi connectivity index (χ1n) is 6.83. The molecule has 1 aliphatic heterocycles. The molecule has 1 atom stereocenters. The molecule has 0 saturated carbocycles. The number of ether oxygens (including phenoxy) is 1. The minimum Gasteiger partial charge on any atom is -0.480 e. The predicted molar refractivity (Wildman–Crippen MR) is 71.8 cm³/mol. The number of methoxy groups -OCH3 is 1. The van der Waals surface area contributed by atoms with Gasteiger partial charge in [0, 0.05) is 24.6 Å². The minimum atomic E-state index is 0.586. The van der Waals surface area contributed by atoms with E-state index in [1.165, 1.54) is 25.8 Å². The van der Waals surface area contributed by atoms with Crippen LogP contribution in [0.3, 0.4) is 0 Å². The van der Waals surface area contributed by atoms with E-state index in [-0.39, 0.29) is 0 Å². The number of aromatic nitrogens is 2. The maximum absolute atomic E-state index is 5.03. The van der Waals surface area contributed by atoms with Crippen LogP contribution in [0.25, 0.3) is 0 Å². The predicted octanol–water partition coefficient (Wildman–Crippen LogP) is 2.29. The zero-order valence-electron chi connectivity index (χ0n) is 11.6. The first kappa shape index (κ1) is 13.3. The molecule has 0 spiro atoms. The van der Waals surface area contributed by atoms with Gasteiger partial charge in [0.15, 0.2) is 0 Å². The van der Waals surface area contributed by atoms with Crippen molar-refractivity contribution >= 4 is 0 Å². The molecular formula is C14H23N3O. The van der Waals surface area contributed by atoms with Gasteiger partial charge in [-0.15, -0.1) is 5.10 Å². The van der Waals surface area contributed by atoms with Gasteiger partial charge in [-0.1, -0.05) is 6.42 Å². The Kier molecular flexibility index (Phi) is 4.53. The summed E-state index contributed by atoms with van der Waals surface area (Å²) in [5.41, 5.74) is 1.06. The van der Waals surface area contributed by atoms with Gasteiger partial charge in [0.05, 0.1) is 12.8 Å². The van der Waals surface area contributed by atoms with Crippen LogP contribution in [0.2, 0.25) is 0 Å². The first-order valence-corrected chi connectivity index (χ1v) is 6.83. The normalized spacial score (nSPS) is 21.2. The van der Waals surface area contributed by atoms with Crippen LogP contribution in [0, 0.1) is 0 Å². The van der Waals surface area contributed by atoms with Crippen molar-refractivity contribution in [1.82, 2.24) is 15.1 Å². The van der Waals surface area contributed by atoms with E-state index in [4.69, 9.17) is 4.74 Å². The number of nitrogens with zero attached hydrogens (tertiary/aromatic N) is 3. The van der Waals surface area contributed by atoms with E-state index in [0.717, 1.165) is 12.1 Å². The summed E-state index contributed by atoms with van der Waals surface area (Å²) in [6.07, 6.45) is 4.92. The van der Waals surface area contributed by atoms with Crippen molar-refractivity contribution in [3.05, 3.63) is 17.8 Å². The molecule has 0 bridgehead atoms. The van der Waals surface area contributed by atoms with Crippen LogP contribution in [0.1, 0.15) is 38.8 Å². The Morgan fingerprint density at radius 2 is 2.17 bits per heavy atom. The summed E-state index contributed by atoms with van der Waals surface area (Å²) < 4.78 is 5.03. The molecule has 0 amide bonds. The Hall–Kier alpha value is -1.16. The second-order valence-corrected chi connectivity index (χ2v) is 5.25. The molecule has 2 heterocycles. The van der Waals surface area contributed by atoms with Gasteiger partial charge in [0.2, 0.25) is 5.88 Å². The zero-order valence-corrected chi connectivity index (χ0v) is 11.6. The standard InChI is InChI=1S/C14H23N3O/c1-11(2)17-9-5-4-6-13(17)10-12-7-8-14(18-3)16-15-12/h7-8,11,13H,4-6,9-10H2,1-3H3. The van der Waals surface area contributed by atoms with Crippen LogP contribution in [0.15, 0.2) is 12.1 Å². The lowest BCUT2D eigenvalue weighted by atomic mass is 9.96. The smallest absolute Gasteiger partial charge is 0.233 e. The van der Waals surface area contributed by atoms with E-state index >= 15 is 0 Å². The minimum absolute atomic E-state index is 0.586. The molecule has 1 unspecified atom stereocenters. The fourth-order valence-corrected chi connectivity index (χ4v) is 2.73. The maximum atomic E-state index is 5.03. The second kappa shape index (κ2) is 6.14. The molecule has 0 aliphatic carbocycles. The number of hydrogen-bond donors (Lipinski definition) is 0. The van der Waals surface area contributed by atoms with E-state index in [0.29, 0.717) is 18.0 Å². The second-order valence-electron chi connectivity index (χ2n) is 5.25. The van der Waals surface area contributed by atoms with E-state index < -0.39 is 0 Å². The Morgan fingerprint density at radius 1 is 1.33 bits per heavy atom. The molecule has 4 heteroatoms. The van der Waals surface area contributed by atoms with Crippen LogP contribution in [-0.4, -0.2) is 40.8 Å². The van der Waals surface area contributed by atoms with Crippen LogP contribution >= 0.6 is 0 Å². The van der Waals surface area contributed by atoms with E-state index in [1.807, 2.05) is 12.1 Å². The Morgan fingerprint density at radius 3 is 2.78 bits per heavy atom. The fourth-order valence-electron chi connectivity index (χ4n) is 2.73. The van der Waals surface area contributed by atoms with Gasteiger partial charge in [-0.25, -0.2) is 0 Å². The third kappa shape index (κ3) is 3.19. The van der Waals surface area contributed by atoms with Crippen LogP contribution in [0.5, 0.6) is 5.88 Å². The summed E-state index contributed by atoms with van der Waals surface area (Å²) in [5, 5.41) is 8.28. The highest BCUT2D eigenvalue weighted by atomic mass is 16.5. The SMILES string of the molecule is COc1ccc(CC2CCCCN2C(C)C)nn1. The van der Waals surface area contributed by atoms with Crippen molar-refractivity contribution < 1.29 is 4.74 Å². The molecule has 0 radical (unpaired) electrons. The van der Waals surface area contributed by atoms with Gasteiger partial charge in [-0.3, -0.25) is 4.90 Å². The molecule has 2 rings (SSSR count). The first-order chi connectivity index (χ1) is 8.70. The van der Waals surface area contributed by atoms with Crippen molar-refractivity contribution in [2.24, 2.45) is 0 Å². The lowest BCUT2D eigenvalue weighted by Gasteiger charge is -2.38. The van der Waals surface area contributed by atoms with Gasteiger partial charge in [0.1, 0.15) is 0 Å². The number of rotatable bonds is 4. The Bertz CT molecular complexity index is 364. The van der Waals surface area contributed by atoms with Gasteiger partial charge in [-0.2, -0.15) is 5.10 Å². The molecule has 1 fully saturated rings. The molecule has 1 aliphatic rings. The monoisotopic (exact) mass is 249 g/mol. The average molecular weight is 249 g/mol. The molecule has 1 aromatic rings. The highest BCUT2D eigenvalue weighted by molar-refractivity contribution is 5.12. The van der Waals surface area contributed by atoms with Crippen molar-refractivity contribution in [2.45, 2.75) is 51.6 Å². The van der Waals surface area contributed by atoms with Crippen LogP contribution in [0.4, 0.5) is 0 Å². The molecule has 0 aromatic carbocycles. The molecule has 100 valence electrons. The lowest BCUT2D eigenvalue weighted by Crippen LogP contribution is -2.45. The lowest BCUT2D eigenvalue weighted by molar-refractivity contribution is 0.111. The molecule has 4 nitrogen and oxygen atoms in total. The molecule has 1 saturated heterocycles. The summed E-state index contributed by atoms with van der Waals surface area (Å²) in [6, 6.07) is 5.15. The maximum Gasteiger partial charge on any atom is 0.233 e. The van der Waals surface area contributed by atoms with Crippen molar-refractivity contribution in [1.29, 1.82) is 0 Å². The highest BCUT2D eigenvalue weighted by Gasteiger charge is 2.24. The zero-order chi connectivity index (χ0) is 13.0. The summed E-state index contributed by atoms with van der Waals surface area (Å²) in [4.78, 5) is 2.59. The number of hydrogen-bond acceptors (Lipinski definition) is 4. The van der Waals surface area contributed by atoms with Crippen LogP contribution in [-0.2, 0) is 6.42 Å². The Labute approximate surface area is 109 Å². The van der Waals surface area contributed by atoms with Gasteiger partial charge >= 0.3 is 0 Å². The molecule has 0 N–H and O–H groups in total. The third-order valence-electron chi connectivity index (χ3n) is 3.69. The van der Waals surface area contributed by atoms with Gasteiger partial charge < -0.3 is 4.74 Å². The molecule has 1 aromatic heterocycles. The van der Waals surface area contributed by atoms with Crippen molar-refractivity contribution in [2.75, 3.05) is 13.7 Å². The van der Waals surface area contributed by atoms with E-state index in [1.54, 1.807) is 7.11 Å². The summed E-state index contributed by atoms with van der Waals surface area (Å²) >= 11 is 0. The van der Waals surface area contributed by atoms with Crippen molar-refractivity contribution in [3.63, 3.8) is 0 Å². The van der Waals surface area contributed by atoms with Crippen molar-refractivity contribution in [3.8, 4) is 5.88 Å². The number of likely N-dealkylation sites (tertiary alicyclic amines) is 1. The summed E-state index contributed by atoms with van der Waals surface area (Å²) in [6.45, 7) is 5.77. The average Bonchev–Trinajstić information content (AvgIpc) is 2.40. The van der Waals surface area contributed by atoms with Gasteiger partial charge in [-0.05, 0) is 39.3 Å². The summed E-state index contributed by atoms with van der Waals surface area (Å²) in [7, 11) is 1.62. The largest absolute Gasteiger partial charge is 0.480 e. The highest BCUT2D eigenvalue weighted by Crippen LogP contribution is 2.22. The Balaban J connectivity index is 2.01. The number of piperidine rings is 1. The van der Waals surface area contributed by atoms with E-state index in [9.17, 15) is 0 Å². The third-order valence-corrected chi connectivity index (χ3v) is 3.69. The molecular weight excluding hydrogens is 226 g/mol. The topological polar surface area (TPSA) is 38.2 Å². The van der Waals surface area contributed by atoms with E-state index in [2.05, 4.69) is 28.9 Å². The molecule has 18 heavy (non-hydrogen) atoms. The fraction of sp³-hybridized carbons (Fsp3) is 0.714. The quantitative estimate of drug-likeness (QED) is 0.820. The summed E-state index contributed by atoms with van der Waals surface area (Å²) in [5.74, 6) is 0.586.